The van der Waals surface area contributed by atoms with Gasteiger partial charge in [0.05, 0.1) is 0 Å². The predicted octanol–water partition coefficient (Wildman–Crippen LogP) is 1.47. The number of thiocarbonyl (C=S) groups is 1. The SMILES string of the molecule is S=CC1CC2CCN1CC2. The molecule has 3 fully saturated rings. The number of fused-ring (bicyclic) bond motifs is 3. The molecule has 3 rings (SSSR count). The summed E-state index contributed by atoms with van der Waals surface area (Å²) in [5.41, 5.74) is 0. The lowest BCUT2D eigenvalue weighted by Gasteiger charge is -2.43. The molecule has 1 nitrogen and oxygen atoms in total. The van der Waals surface area contributed by atoms with E-state index in [-0.39, 0.29) is 0 Å². The first-order valence-electron chi connectivity index (χ1n) is 4.09. The van der Waals surface area contributed by atoms with Gasteiger partial charge in [0.15, 0.2) is 0 Å². The number of piperidine rings is 3. The third-order valence-corrected chi connectivity index (χ3v) is 3.16. The smallest absolute Gasteiger partial charge is 0.0383 e. The molecule has 0 spiro atoms. The zero-order valence-electron chi connectivity index (χ0n) is 6.12. The van der Waals surface area contributed by atoms with Gasteiger partial charge in [-0.25, -0.2) is 0 Å². The van der Waals surface area contributed by atoms with E-state index in [1.165, 1.54) is 32.4 Å². The minimum absolute atomic E-state index is 0.641. The maximum absolute atomic E-state index is 4.97. The van der Waals surface area contributed by atoms with Crippen molar-refractivity contribution in [2.75, 3.05) is 13.1 Å². The Morgan fingerprint density at radius 1 is 1.30 bits per heavy atom. The van der Waals surface area contributed by atoms with E-state index in [2.05, 4.69) is 4.90 Å². The standard InChI is InChI=1S/C8H13NS/c10-6-8-5-7-1-3-9(8)4-2-7/h6-8H,1-5H2. The Kier molecular flexibility index (Phi) is 1.75. The molecule has 3 saturated heterocycles. The van der Waals surface area contributed by atoms with Crippen molar-refractivity contribution in [2.24, 2.45) is 5.92 Å². The van der Waals surface area contributed by atoms with Gasteiger partial charge in [-0.05, 0) is 43.6 Å². The zero-order chi connectivity index (χ0) is 6.97. The van der Waals surface area contributed by atoms with E-state index in [1.807, 2.05) is 5.37 Å². The quantitative estimate of drug-likeness (QED) is 0.528. The monoisotopic (exact) mass is 155 g/mol. The van der Waals surface area contributed by atoms with Gasteiger partial charge in [0.1, 0.15) is 0 Å². The van der Waals surface area contributed by atoms with Crippen LogP contribution in [0.5, 0.6) is 0 Å². The van der Waals surface area contributed by atoms with Crippen LogP contribution >= 0.6 is 12.2 Å². The third kappa shape index (κ3) is 0.995. The van der Waals surface area contributed by atoms with Crippen molar-refractivity contribution in [3.63, 3.8) is 0 Å². The van der Waals surface area contributed by atoms with Gasteiger partial charge in [-0.2, -0.15) is 0 Å². The Balaban J connectivity index is 2.07. The molecule has 1 atom stereocenters. The van der Waals surface area contributed by atoms with E-state index in [0.29, 0.717) is 6.04 Å². The van der Waals surface area contributed by atoms with Gasteiger partial charge in [0, 0.05) is 6.04 Å². The first kappa shape index (κ1) is 6.74. The molecule has 0 aliphatic carbocycles. The van der Waals surface area contributed by atoms with E-state index in [0.717, 1.165) is 5.92 Å². The van der Waals surface area contributed by atoms with Crippen molar-refractivity contribution in [3.05, 3.63) is 0 Å². The first-order chi connectivity index (χ1) is 4.90. The minimum atomic E-state index is 0.641. The predicted molar refractivity (Wildman–Crippen MR) is 46.4 cm³/mol. The Bertz CT molecular complexity index is 138. The molecule has 2 bridgehead atoms. The van der Waals surface area contributed by atoms with Crippen LogP contribution in [-0.4, -0.2) is 29.4 Å². The topological polar surface area (TPSA) is 3.24 Å². The summed E-state index contributed by atoms with van der Waals surface area (Å²) in [6.07, 6.45) is 4.17. The average molecular weight is 155 g/mol. The molecule has 0 amide bonds. The molecule has 3 heterocycles. The number of hydrogen-bond donors (Lipinski definition) is 0. The lowest BCUT2D eigenvalue weighted by Crippen LogP contribution is -2.49. The molecule has 1 unspecified atom stereocenters. The molecular weight excluding hydrogens is 142 g/mol. The summed E-state index contributed by atoms with van der Waals surface area (Å²) >= 11 is 4.97. The summed E-state index contributed by atoms with van der Waals surface area (Å²) in [7, 11) is 0. The third-order valence-electron chi connectivity index (χ3n) is 2.85. The number of nitrogens with zero attached hydrogens (tertiary/aromatic N) is 1. The van der Waals surface area contributed by atoms with Crippen molar-refractivity contribution >= 4 is 17.6 Å². The van der Waals surface area contributed by atoms with Crippen molar-refractivity contribution in [1.29, 1.82) is 0 Å². The summed E-state index contributed by atoms with van der Waals surface area (Å²) in [5.74, 6) is 0.995. The fourth-order valence-corrected chi connectivity index (χ4v) is 2.44. The van der Waals surface area contributed by atoms with Crippen molar-refractivity contribution < 1.29 is 0 Å². The highest BCUT2D eigenvalue weighted by atomic mass is 32.1. The van der Waals surface area contributed by atoms with Gasteiger partial charge in [-0.1, -0.05) is 12.2 Å². The Labute approximate surface area is 67.4 Å². The van der Waals surface area contributed by atoms with E-state index < -0.39 is 0 Å². The van der Waals surface area contributed by atoms with Crippen LogP contribution in [0.15, 0.2) is 0 Å². The van der Waals surface area contributed by atoms with Gasteiger partial charge in [0.25, 0.3) is 0 Å². The molecule has 0 aromatic rings. The molecular formula is C8H13NS. The lowest BCUT2D eigenvalue weighted by atomic mass is 9.84. The summed E-state index contributed by atoms with van der Waals surface area (Å²) in [5, 5.41) is 1.95. The highest BCUT2D eigenvalue weighted by Crippen LogP contribution is 2.30. The van der Waals surface area contributed by atoms with E-state index in [9.17, 15) is 0 Å². The van der Waals surface area contributed by atoms with Crippen LogP contribution in [0, 0.1) is 5.92 Å². The highest BCUT2D eigenvalue weighted by Gasteiger charge is 2.31. The minimum Gasteiger partial charge on any atom is -0.296 e. The molecule has 0 aromatic heterocycles. The molecule has 10 heavy (non-hydrogen) atoms. The van der Waals surface area contributed by atoms with Crippen LogP contribution in [0.1, 0.15) is 19.3 Å². The second kappa shape index (κ2) is 2.59. The fourth-order valence-electron chi connectivity index (χ4n) is 2.15. The molecule has 3 aliphatic rings. The first-order valence-corrected chi connectivity index (χ1v) is 4.56. The van der Waals surface area contributed by atoms with Crippen LogP contribution in [0.25, 0.3) is 0 Å². The van der Waals surface area contributed by atoms with Gasteiger partial charge in [0.2, 0.25) is 0 Å². The van der Waals surface area contributed by atoms with Crippen LogP contribution in [0.3, 0.4) is 0 Å². The summed E-state index contributed by atoms with van der Waals surface area (Å²) in [4.78, 5) is 2.52. The summed E-state index contributed by atoms with van der Waals surface area (Å²) in [6, 6.07) is 0.641. The second-order valence-corrected chi connectivity index (χ2v) is 3.69. The van der Waals surface area contributed by atoms with E-state index in [1.54, 1.807) is 0 Å². The Hall–Kier alpha value is 0.0500. The molecule has 0 radical (unpaired) electrons. The highest BCUT2D eigenvalue weighted by molar-refractivity contribution is 7.79. The fraction of sp³-hybridized carbons (Fsp3) is 0.875. The van der Waals surface area contributed by atoms with Crippen LogP contribution < -0.4 is 0 Å². The maximum Gasteiger partial charge on any atom is 0.0383 e. The molecule has 0 N–H and O–H groups in total. The van der Waals surface area contributed by atoms with Gasteiger partial charge in [-0.3, -0.25) is 4.90 Å². The largest absolute Gasteiger partial charge is 0.296 e. The lowest BCUT2D eigenvalue weighted by molar-refractivity contribution is 0.0861. The normalized spacial score (nSPS) is 45.4. The van der Waals surface area contributed by atoms with Crippen molar-refractivity contribution in [3.8, 4) is 0 Å². The van der Waals surface area contributed by atoms with Crippen LogP contribution in [-0.2, 0) is 0 Å². The molecule has 3 aliphatic heterocycles. The molecule has 2 heteroatoms. The number of hydrogen-bond acceptors (Lipinski definition) is 2. The summed E-state index contributed by atoms with van der Waals surface area (Å²) < 4.78 is 0. The molecule has 0 saturated carbocycles. The Morgan fingerprint density at radius 2 is 2.00 bits per heavy atom. The van der Waals surface area contributed by atoms with Gasteiger partial charge in [-0.15, -0.1) is 0 Å². The zero-order valence-corrected chi connectivity index (χ0v) is 6.94. The van der Waals surface area contributed by atoms with Gasteiger partial charge < -0.3 is 0 Å². The van der Waals surface area contributed by atoms with Crippen LogP contribution in [0.4, 0.5) is 0 Å². The van der Waals surface area contributed by atoms with E-state index >= 15 is 0 Å². The van der Waals surface area contributed by atoms with E-state index in [4.69, 9.17) is 12.2 Å². The molecule has 0 aromatic carbocycles. The average Bonchev–Trinajstić information content (AvgIpc) is 2.06. The summed E-state index contributed by atoms with van der Waals surface area (Å²) in [6.45, 7) is 2.59. The maximum atomic E-state index is 4.97. The van der Waals surface area contributed by atoms with Crippen molar-refractivity contribution in [2.45, 2.75) is 25.3 Å². The van der Waals surface area contributed by atoms with Crippen molar-refractivity contribution in [1.82, 2.24) is 4.90 Å². The Morgan fingerprint density at radius 3 is 2.30 bits per heavy atom. The van der Waals surface area contributed by atoms with Gasteiger partial charge >= 0.3 is 0 Å². The number of rotatable bonds is 1. The van der Waals surface area contributed by atoms with Crippen LogP contribution in [0.2, 0.25) is 0 Å². The molecule has 56 valence electrons. The second-order valence-electron chi connectivity index (χ2n) is 3.42.